The van der Waals surface area contributed by atoms with Gasteiger partial charge in [-0.1, -0.05) is 0 Å². The van der Waals surface area contributed by atoms with Gasteiger partial charge in [0.05, 0.1) is 12.6 Å². The first-order valence-corrected chi connectivity index (χ1v) is 7.57. The van der Waals surface area contributed by atoms with Gasteiger partial charge in [0.25, 0.3) is 0 Å². The molecule has 2 rings (SSSR count). The van der Waals surface area contributed by atoms with Crippen molar-refractivity contribution in [1.29, 1.82) is 0 Å². The van der Waals surface area contributed by atoms with Crippen LogP contribution in [0.3, 0.4) is 0 Å². The van der Waals surface area contributed by atoms with Crippen molar-refractivity contribution in [2.75, 3.05) is 45.9 Å². The number of hydrogen-bond acceptors (Lipinski definition) is 4. The molecule has 0 aromatic rings. The monoisotopic (exact) mass is 269 g/mol. The van der Waals surface area contributed by atoms with Gasteiger partial charge in [0.2, 0.25) is 5.91 Å². The van der Waals surface area contributed by atoms with Crippen LogP contribution in [0.25, 0.3) is 0 Å². The third-order valence-corrected chi connectivity index (χ3v) is 4.14. The summed E-state index contributed by atoms with van der Waals surface area (Å²) in [6.07, 6.45) is 2.12. The summed E-state index contributed by atoms with van der Waals surface area (Å²) in [6.45, 7) is 10.2. The molecule has 2 aliphatic heterocycles. The molecule has 0 aliphatic carbocycles. The van der Waals surface area contributed by atoms with Gasteiger partial charge in [-0.3, -0.25) is 9.69 Å². The highest BCUT2D eigenvalue weighted by Crippen LogP contribution is 2.22. The fourth-order valence-electron chi connectivity index (χ4n) is 3.06. The molecular formula is C14H27N3O2. The molecule has 110 valence electrons. The second-order valence-corrected chi connectivity index (χ2v) is 5.48. The minimum absolute atomic E-state index is 0.0774. The Morgan fingerprint density at radius 1 is 1.37 bits per heavy atom. The second-order valence-electron chi connectivity index (χ2n) is 5.48. The Morgan fingerprint density at radius 2 is 2.11 bits per heavy atom. The average molecular weight is 269 g/mol. The van der Waals surface area contributed by atoms with Crippen LogP contribution in [0.2, 0.25) is 0 Å². The number of piperazine rings is 1. The van der Waals surface area contributed by atoms with E-state index in [4.69, 9.17) is 4.74 Å². The number of nitrogens with one attached hydrogen (secondary N) is 1. The van der Waals surface area contributed by atoms with E-state index in [1.54, 1.807) is 0 Å². The first-order valence-electron chi connectivity index (χ1n) is 7.57. The topological polar surface area (TPSA) is 44.8 Å². The molecule has 0 aromatic heterocycles. The summed E-state index contributed by atoms with van der Waals surface area (Å²) in [4.78, 5) is 17.0. The molecule has 0 saturated carbocycles. The fourth-order valence-corrected chi connectivity index (χ4v) is 3.06. The number of ether oxygens (including phenoxy) is 1. The van der Waals surface area contributed by atoms with Gasteiger partial charge in [0, 0.05) is 38.8 Å². The summed E-state index contributed by atoms with van der Waals surface area (Å²) in [5.41, 5.74) is 0. The predicted octanol–water partition coefficient (Wildman–Crippen LogP) is 0.308. The van der Waals surface area contributed by atoms with Crippen molar-refractivity contribution in [3.63, 3.8) is 0 Å². The summed E-state index contributed by atoms with van der Waals surface area (Å²) in [5, 5.41) is 3.29. The van der Waals surface area contributed by atoms with Gasteiger partial charge in [0.1, 0.15) is 0 Å². The molecule has 1 N–H and O–H groups in total. The van der Waals surface area contributed by atoms with Crippen LogP contribution in [-0.4, -0.2) is 73.7 Å². The third kappa shape index (κ3) is 3.68. The van der Waals surface area contributed by atoms with E-state index in [1.807, 2.05) is 11.8 Å². The van der Waals surface area contributed by atoms with Crippen molar-refractivity contribution in [1.82, 2.24) is 15.1 Å². The first-order chi connectivity index (χ1) is 9.24. The number of amides is 1. The molecule has 2 aliphatic rings. The molecule has 0 spiro atoms. The number of nitrogens with zero attached hydrogens (tertiary/aromatic N) is 2. The molecule has 19 heavy (non-hydrogen) atoms. The largest absolute Gasteiger partial charge is 0.380 e. The van der Waals surface area contributed by atoms with Crippen molar-refractivity contribution in [3.8, 4) is 0 Å². The molecule has 2 unspecified atom stereocenters. The van der Waals surface area contributed by atoms with E-state index in [1.165, 1.54) is 0 Å². The maximum absolute atomic E-state index is 12.6. The summed E-state index contributed by atoms with van der Waals surface area (Å²) >= 11 is 0. The maximum Gasteiger partial charge on any atom is 0.240 e. The van der Waals surface area contributed by atoms with Crippen molar-refractivity contribution < 1.29 is 9.53 Å². The SMILES string of the molecule is CCOCC(C)N1CCCC1C(=O)N1CCNCC1. The van der Waals surface area contributed by atoms with Crippen LogP contribution in [0.15, 0.2) is 0 Å². The van der Waals surface area contributed by atoms with Crippen LogP contribution in [-0.2, 0) is 9.53 Å². The van der Waals surface area contributed by atoms with Gasteiger partial charge in [-0.25, -0.2) is 0 Å². The van der Waals surface area contributed by atoms with E-state index in [0.29, 0.717) is 11.9 Å². The predicted molar refractivity (Wildman–Crippen MR) is 75.1 cm³/mol. The van der Waals surface area contributed by atoms with Gasteiger partial charge in [-0.15, -0.1) is 0 Å². The van der Waals surface area contributed by atoms with Crippen molar-refractivity contribution in [3.05, 3.63) is 0 Å². The molecule has 1 amide bonds. The standard InChI is InChI=1S/C14H27N3O2/c1-3-19-11-12(2)17-8-4-5-13(17)14(18)16-9-6-15-7-10-16/h12-13,15H,3-11H2,1-2H3. The molecule has 2 fully saturated rings. The molecule has 2 heterocycles. The molecule has 2 saturated heterocycles. The summed E-state index contributed by atoms with van der Waals surface area (Å²) < 4.78 is 5.50. The van der Waals surface area contributed by atoms with E-state index in [-0.39, 0.29) is 6.04 Å². The Labute approximate surface area is 116 Å². The number of carbonyl (C=O) groups is 1. The molecule has 5 heteroatoms. The number of rotatable bonds is 5. The lowest BCUT2D eigenvalue weighted by Gasteiger charge is -2.35. The zero-order chi connectivity index (χ0) is 13.7. The van der Waals surface area contributed by atoms with E-state index in [2.05, 4.69) is 17.1 Å². The van der Waals surface area contributed by atoms with E-state index >= 15 is 0 Å². The van der Waals surface area contributed by atoms with Gasteiger partial charge in [-0.2, -0.15) is 0 Å². The lowest BCUT2D eigenvalue weighted by Crippen LogP contribution is -2.54. The highest BCUT2D eigenvalue weighted by molar-refractivity contribution is 5.82. The van der Waals surface area contributed by atoms with E-state index in [0.717, 1.165) is 58.8 Å². The summed E-state index contributed by atoms with van der Waals surface area (Å²) in [6, 6.07) is 0.410. The van der Waals surface area contributed by atoms with Gasteiger partial charge in [0.15, 0.2) is 0 Å². The number of likely N-dealkylation sites (tertiary alicyclic amines) is 1. The summed E-state index contributed by atoms with van der Waals surface area (Å²) in [7, 11) is 0. The van der Waals surface area contributed by atoms with Gasteiger partial charge >= 0.3 is 0 Å². The fraction of sp³-hybridized carbons (Fsp3) is 0.929. The van der Waals surface area contributed by atoms with Crippen LogP contribution in [0.4, 0.5) is 0 Å². The first kappa shape index (κ1) is 14.8. The Balaban J connectivity index is 1.91. The van der Waals surface area contributed by atoms with Crippen molar-refractivity contribution in [2.24, 2.45) is 0 Å². The zero-order valence-electron chi connectivity index (χ0n) is 12.2. The van der Waals surface area contributed by atoms with Crippen LogP contribution in [0, 0.1) is 0 Å². The molecule has 0 aromatic carbocycles. The Morgan fingerprint density at radius 3 is 2.79 bits per heavy atom. The highest BCUT2D eigenvalue weighted by atomic mass is 16.5. The zero-order valence-corrected chi connectivity index (χ0v) is 12.2. The normalized spacial score (nSPS) is 26.6. The van der Waals surface area contributed by atoms with Gasteiger partial charge in [-0.05, 0) is 33.2 Å². The van der Waals surface area contributed by atoms with Crippen LogP contribution >= 0.6 is 0 Å². The van der Waals surface area contributed by atoms with Crippen LogP contribution in [0.1, 0.15) is 26.7 Å². The van der Waals surface area contributed by atoms with Crippen molar-refractivity contribution in [2.45, 2.75) is 38.8 Å². The lowest BCUT2D eigenvalue weighted by molar-refractivity contribution is -0.137. The lowest BCUT2D eigenvalue weighted by atomic mass is 10.1. The average Bonchev–Trinajstić information content (AvgIpc) is 2.94. The Bertz CT molecular complexity index is 292. The Hall–Kier alpha value is -0.650. The Kier molecular flexibility index (Phi) is 5.60. The van der Waals surface area contributed by atoms with Crippen LogP contribution in [0.5, 0.6) is 0 Å². The quantitative estimate of drug-likeness (QED) is 0.780. The summed E-state index contributed by atoms with van der Waals surface area (Å²) in [5.74, 6) is 0.322. The van der Waals surface area contributed by atoms with E-state index in [9.17, 15) is 4.79 Å². The highest BCUT2D eigenvalue weighted by Gasteiger charge is 2.36. The molecular weight excluding hydrogens is 242 g/mol. The minimum Gasteiger partial charge on any atom is -0.380 e. The molecule has 2 atom stereocenters. The molecule has 0 radical (unpaired) electrons. The molecule has 0 bridgehead atoms. The van der Waals surface area contributed by atoms with Gasteiger partial charge < -0.3 is 15.0 Å². The van der Waals surface area contributed by atoms with Crippen LogP contribution < -0.4 is 5.32 Å². The number of carbonyl (C=O) groups excluding carboxylic acids is 1. The van der Waals surface area contributed by atoms with E-state index < -0.39 is 0 Å². The molecule has 5 nitrogen and oxygen atoms in total. The number of hydrogen-bond donors (Lipinski definition) is 1. The minimum atomic E-state index is 0.0774. The second kappa shape index (κ2) is 7.22. The maximum atomic E-state index is 12.6. The van der Waals surface area contributed by atoms with Crippen molar-refractivity contribution >= 4 is 5.91 Å². The third-order valence-electron chi connectivity index (χ3n) is 4.14. The smallest absolute Gasteiger partial charge is 0.240 e.